The van der Waals surface area contributed by atoms with Crippen LogP contribution in [0.4, 0.5) is 0 Å². The number of rotatable bonds is 10. The average Bonchev–Trinajstić information content (AvgIpc) is 2.74. The van der Waals surface area contributed by atoms with E-state index in [1.165, 1.54) is 68.9 Å². The quantitative estimate of drug-likeness (QED) is 0.303. The van der Waals surface area contributed by atoms with Gasteiger partial charge in [0.25, 0.3) is 0 Å². The Morgan fingerprint density at radius 1 is 0.643 bits per heavy atom. The summed E-state index contributed by atoms with van der Waals surface area (Å²) < 4.78 is 0. The second-order valence-corrected chi connectivity index (χ2v) is 7.48. The van der Waals surface area contributed by atoms with Crippen molar-refractivity contribution in [3.63, 3.8) is 0 Å². The highest BCUT2D eigenvalue weighted by Crippen LogP contribution is 2.17. The van der Waals surface area contributed by atoms with Gasteiger partial charge in [0.2, 0.25) is 0 Å². The van der Waals surface area contributed by atoms with Gasteiger partial charge >= 0.3 is 0 Å². The number of aryl methyl sites for hydroxylation is 2. The van der Waals surface area contributed by atoms with Gasteiger partial charge in [0.1, 0.15) is 0 Å². The molecule has 146 valence electrons. The van der Waals surface area contributed by atoms with Crippen LogP contribution in [0.3, 0.4) is 0 Å². The summed E-state index contributed by atoms with van der Waals surface area (Å²) in [6.07, 6.45) is 12.8. The minimum absolute atomic E-state index is 1.01. The van der Waals surface area contributed by atoms with Gasteiger partial charge in [-0.2, -0.15) is 0 Å². The highest BCUT2D eigenvalue weighted by Gasteiger charge is 2.03. The Balaban J connectivity index is 1.99. The number of hydrogen-bond acceptors (Lipinski definition) is 0. The summed E-state index contributed by atoms with van der Waals surface area (Å²) in [7, 11) is 0. The molecular weight excluding hydrogens is 336 g/mol. The van der Waals surface area contributed by atoms with E-state index in [4.69, 9.17) is 0 Å². The van der Waals surface area contributed by atoms with E-state index in [0.29, 0.717) is 0 Å². The fourth-order valence-electron chi connectivity index (χ4n) is 3.33. The zero-order valence-electron chi connectivity index (χ0n) is 17.7. The van der Waals surface area contributed by atoms with Gasteiger partial charge in [-0.25, -0.2) is 0 Å². The maximum atomic E-state index is 3.29. The van der Waals surface area contributed by atoms with Crippen LogP contribution in [0.2, 0.25) is 0 Å². The molecule has 0 atom stereocenters. The van der Waals surface area contributed by atoms with Crippen LogP contribution in [-0.2, 0) is 12.8 Å². The smallest absolute Gasteiger partial charge is 0.0287 e. The first-order valence-corrected chi connectivity index (χ1v) is 11.0. The molecule has 0 radical (unpaired) electrons. The van der Waals surface area contributed by atoms with E-state index >= 15 is 0 Å². The Bertz CT molecular complexity index is 806. The lowest BCUT2D eigenvalue weighted by atomic mass is 9.97. The zero-order valence-corrected chi connectivity index (χ0v) is 17.7. The summed E-state index contributed by atoms with van der Waals surface area (Å²) in [5.74, 6) is 12.4. The third-order valence-corrected chi connectivity index (χ3v) is 5.03. The Morgan fingerprint density at radius 3 is 2.14 bits per heavy atom. The molecule has 0 saturated carbocycles. The third-order valence-electron chi connectivity index (χ3n) is 5.03. The Kier molecular flexibility index (Phi) is 10.7. The van der Waals surface area contributed by atoms with Crippen LogP contribution in [0, 0.1) is 23.7 Å². The van der Waals surface area contributed by atoms with Gasteiger partial charge < -0.3 is 0 Å². The molecule has 0 heteroatoms. The van der Waals surface area contributed by atoms with Gasteiger partial charge in [-0.3, -0.25) is 0 Å². The van der Waals surface area contributed by atoms with E-state index in [-0.39, 0.29) is 0 Å². The number of hydrogen-bond donors (Lipinski definition) is 0. The van der Waals surface area contributed by atoms with E-state index in [2.05, 4.69) is 55.7 Å². The van der Waals surface area contributed by atoms with Crippen molar-refractivity contribution < 1.29 is 0 Å². The minimum atomic E-state index is 1.01. The molecule has 0 spiro atoms. The van der Waals surface area contributed by atoms with Crippen molar-refractivity contribution in [1.29, 1.82) is 0 Å². The fourth-order valence-corrected chi connectivity index (χ4v) is 3.33. The van der Waals surface area contributed by atoms with Gasteiger partial charge in [-0.15, -0.1) is 0 Å². The van der Waals surface area contributed by atoms with Crippen LogP contribution in [0.1, 0.15) is 87.5 Å². The summed E-state index contributed by atoms with van der Waals surface area (Å²) >= 11 is 0. The zero-order chi connectivity index (χ0) is 19.9. The number of unbranched alkanes of at least 4 members (excludes halogenated alkanes) is 6. The molecule has 0 aliphatic carbocycles. The standard InChI is InChI=1S/C28H34/c1-3-5-7-8-9-11-19-26-22-23-27(28(24-26)20-6-4-2)21-15-14-18-25-16-12-10-13-17-25/h10,12-13,16-17,22-24H,3-9,11,19-20H2,1-2H3. The number of benzene rings is 2. The second kappa shape index (κ2) is 13.7. The summed E-state index contributed by atoms with van der Waals surface area (Å²) in [4.78, 5) is 0. The summed E-state index contributed by atoms with van der Waals surface area (Å²) in [5.41, 5.74) is 5.00. The third kappa shape index (κ3) is 8.50. The SMILES string of the molecule is CCCCCCCCc1ccc(C#CC#Cc2ccccc2)c(CCCC)c1. The Hall–Kier alpha value is -2.44. The van der Waals surface area contributed by atoms with E-state index in [0.717, 1.165) is 17.5 Å². The summed E-state index contributed by atoms with van der Waals surface area (Å²) in [5, 5.41) is 0. The molecule has 0 amide bonds. The van der Waals surface area contributed by atoms with Crippen LogP contribution in [0.25, 0.3) is 0 Å². The van der Waals surface area contributed by atoms with Gasteiger partial charge in [0, 0.05) is 11.1 Å². The molecular formula is C28H34. The molecule has 0 aromatic heterocycles. The molecule has 0 N–H and O–H groups in total. The van der Waals surface area contributed by atoms with E-state index in [9.17, 15) is 0 Å². The van der Waals surface area contributed by atoms with Crippen LogP contribution in [0.5, 0.6) is 0 Å². The minimum Gasteiger partial charge on any atom is -0.0654 e. The predicted molar refractivity (Wildman–Crippen MR) is 122 cm³/mol. The monoisotopic (exact) mass is 370 g/mol. The molecule has 2 aromatic rings. The second-order valence-electron chi connectivity index (χ2n) is 7.48. The lowest BCUT2D eigenvalue weighted by molar-refractivity contribution is 0.607. The van der Waals surface area contributed by atoms with E-state index < -0.39 is 0 Å². The topological polar surface area (TPSA) is 0 Å². The van der Waals surface area contributed by atoms with Crippen molar-refractivity contribution in [2.24, 2.45) is 0 Å². The van der Waals surface area contributed by atoms with Crippen LogP contribution in [-0.4, -0.2) is 0 Å². The van der Waals surface area contributed by atoms with E-state index in [1.54, 1.807) is 0 Å². The molecule has 2 aromatic carbocycles. The summed E-state index contributed by atoms with van der Waals surface area (Å²) in [6.45, 7) is 4.52. The van der Waals surface area contributed by atoms with Crippen molar-refractivity contribution in [1.82, 2.24) is 0 Å². The van der Waals surface area contributed by atoms with Crippen molar-refractivity contribution in [3.8, 4) is 23.7 Å². The van der Waals surface area contributed by atoms with Crippen molar-refractivity contribution in [2.45, 2.75) is 78.1 Å². The molecule has 0 fully saturated rings. The van der Waals surface area contributed by atoms with Crippen molar-refractivity contribution >= 4 is 0 Å². The van der Waals surface area contributed by atoms with Gasteiger partial charge in [-0.05, 0) is 66.9 Å². The fraction of sp³-hybridized carbons (Fsp3) is 0.429. The molecule has 0 aliphatic rings. The van der Waals surface area contributed by atoms with Crippen molar-refractivity contribution in [2.75, 3.05) is 0 Å². The average molecular weight is 371 g/mol. The highest BCUT2D eigenvalue weighted by molar-refractivity contribution is 5.48. The van der Waals surface area contributed by atoms with Crippen LogP contribution in [0.15, 0.2) is 48.5 Å². The normalized spacial score (nSPS) is 9.93. The molecule has 0 nitrogen and oxygen atoms in total. The van der Waals surface area contributed by atoms with Gasteiger partial charge in [0.15, 0.2) is 0 Å². The van der Waals surface area contributed by atoms with Crippen LogP contribution < -0.4 is 0 Å². The molecule has 28 heavy (non-hydrogen) atoms. The molecule has 0 bridgehead atoms. The lowest BCUT2D eigenvalue weighted by Crippen LogP contribution is -1.95. The molecule has 0 heterocycles. The lowest BCUT2D eigenvalue weighted by Gasteiger charge is -2.08. The first kappa shape index (κ1) is 21.9. The Labute approximate surface area is 172 Å². The molecule has 2 rings (SSSR count). The predicted octanol–water partition coefficient (Wildman–Crippen LogP) is 7.34. The molecule has 0 unspecified atom stereocenters. The first-order valence-electron chi connectivity index (χ1n) is 11.0. The van der Waals surface area contributed by atoms with Crippen LogP contribution >= 0.6 is 0 Å². The first-order chi connectivity index (χ1) is 13.8. The molecule has 0 aliphatic heterocycles. The maximum absolute atomic E-state index is 3.29. The Morgan fingerprint density at radius 2 is 1.36 bits per heavy atom. The van der Waals surface area contributed by atoms with E-state index in [1.807, 2.05) is 30.3 Å². The largest absolute Gasteiger partial charge is 0.0654 e. The molecule has 0 saturated heterocycles. The highest BCUT2D eigenvalue weighted by atomic mass is 14.1. The maximum Gasteiger partial charge on any atom is 0.0287 e. The summed E-state index contributed by atoms with van der Waals surface area (Å²) in [6, 6.07) is 16.9. The van der Waals surface area contributed by atoms with Gasteiger partial charge in [-0.1, -0.05) is 94.5 Å². The van der Waals surface area contributed by atoms with Gasteiger partial charge in [0.05, 0.1) is 0 Å². The van der Waals surface area contributed by atoms with Crippen molar-refractivity contribution in [3.05, 3.63) is 70.8 Å².